The van der Waals surface area contributed by atoms with Gasteiger partial charge in [-0.15, -0.1) is 0 Å². The molecular formula is C23H15BrClNO5S. The molecule has 3 aromatic rings. The van der Waals surface area contributed by atoms with Crippen LogP contribution in [0.5, 0.6) is 0 Å². The Morgan fingerprint density at radius 1 is 1.03 bits per heavy atom. The van der Waals surface area contributed by atoms with Gasteiger partial charge in [0.15, 0.2) is 0 Å². The van der Waals surface area contributed by atoms with Gasteiger partial charge in [0, 0.05) is 26.7 Å². The van der Waals surface area contributed by atoms with Crippen LogP contribution in [0.4, 0.5) is 5.69 Å². The minimum Gasteiger partial charge on any atom is -0.427 e. The van der Waals surface area contributed by atoms with Crippen LogP contribution < -0.4 is 4.31 Å². The molecule has 32 heavy (non-hydrogen) atoms. The van der Waals surface area contributed by atoms with Crippen molar-refractivity contribution >= 4 is 54.8 Å². The molecule has 3 aromatic carbocycles. The van der Waals surface area contributed by atoms with Gasteiger partial charge < -0.3 is 9.84 Å². The Kier molecular flexibility index (Phi) is 4.94. The number of esters is 1. The Morgan fingerprint density at radius 3 is 2.44 bits per heavy atom. The molecule has 1 N–H and O–H groups in total. The minimum absolute atomic E-state index is 0.0373. The predicted octanol–water partition coefficient (Wildman–Crippen LogP) is 4.68. The Morgan fingerprint density at radius 2 is 1.72 bits per heavy atom. The first-order chi connectivity index (χ1) is 15.3. The van der Waals surface area contributed by atoms with Gasteiger partial charge >= 0.3 is 5.97 Å². The van der Waals surface area contributed by atoms with Crippen molar-refractivity contribution in [1.82, 2.24) is 0 Å². The maximum Gasteiger partial charge on any atom is 0.333 e. The number of benzene rings is 3. The number of halogens is 2. The van der Waals surface area contributed by atoms with Crippen LogP contribution >= 0.6 is 27.5 Å². The van der Waals surface area contributed by atoms with E-state index >= 15 is 0 Å². The molecule has 0 bridgehead atoms. The van der Waals surface area contributed by atoms with E-state index in [1.165, 1.54) is 30.3 Å². The number of carbonyl (C=O) groups excluding carboxylic acids is 1. The zero-order chi connectivity index (χ0) is 22.7. The first kappa shape index (κ1) is 21.2. The van der Waals surface area contributed by atoms with Gasteiger partial charge in [-0.25, -0.2) is 17.5 Å². The summed E-state index contributed by atoms with van der Waals surface area (Å²) in [6, 6.07) is 19.6. The van der Waals surface area contributed by atoms with Crippen molar-refractivity contribution in [1.29, 1.82) is 0 Å². The molecule has 0 aromatic heterocycles. The molecule has 2 heterocycles. The fraction of sp³-hybridized carbons (Fsp3) is 0.0870. The number of hydrogen-bond acceptors (Lipinski definition) is 5. The summed E-state index contributed by atoms with van der Waals surface area (Å²) in [4.78, 5) is 12.5. The van der Waals surface area contributed by atoms with E-state index in [0.717, 1.165) is 4.31 Å². The second kappa shape index (κ2) is 7.45. The Balaban J connectivity index is 1.83. The SMILES string of the molecule is O=C1C=C(c2ccccc2)C2(O1)C(O)c1cc(Cl)ccc1N2S(=O)(=O)c1ccccc1Br. The van der Waals surface area contributed by atoms with Crippen LogP contribution in [-0.4, -0.2) is 25.2 Å². The number of aliphatic hydroxyl groups is 1. The van der Waals surface area contributed by atoms with Gasteiger partial charge in [-0.3, -0.25) is 0 Å². The standard InChI is InChI=1S/C23H15BrClNO5S/c24-18-8-4-5-9-20(18)32(29,30)26-19-11-10-15(25)12-16(19)22(28)23(26)17(13-21(27)31-23)14-6-2-1-3-7-14/h1-13,22,28H. The van der Waals surface area contributed by atoms with Crippen LogP contribution in [-0.2, 0) is 19.6 Å². The molecule has 5 rings (SSSR count). The molecule has 0 fully saturated rings. The molecule has 2 atom stereocenters. The summed E-state index contributed by atoms with van der Waals surface area (Å²) in [5.74, 6) is -0.755. The largest absolute Gasteiger partial charge is 0.427 e. The molecule has 9 heteroatoms. The Hall–Kier alpha value is -2.65. The van der Waals surface area contributed by atoms with Crippen LogP contribution in [0.15, 0.2) is 88.2 Å². The van der Waals surface area contributed by atoms with Crippen LogP contribution in [0.1, 0.15) is 17.2 Å². The van der Waals surface area contributed by atoms with E-state index in [2.05, 4.69) is 15.9 Å². The van der Waals surface area contributed by atoms with E-state index in [0.29, 0.717) is 15.1 Å². The van der Waals surface area contributed by atoms with Gasteiger partial charge in [0.2, 0.25) is 0 Å². The lowest BCUT2D eigenvalue weighted by molar-refractivity contribution is -0.151. The van der Waals surface area contributed by atoms with Gasteiger partial charge in [-0.05, 0) is 51.8 Å². The first-order valence-electron chi connectivity index (χ1n) is 9.55. The van der Waals surface area contributed by atoms with Crippen molar-refractivity contribution in [3.05, 3.63) is 99.5 Å². The van der Waals surface area contributed by atoms with Crippen molar-refractivity contribution in [2.45, 2.75) is 16.7 Å². The summed E-state index contributed by atoms with van der Waals surface area (Å²) in [6.45, 7) is 0. The second-order valence-corrected chi connectivity index (χ2v) is 10.4. The molecule has 1 spiro atoms. The summed E-state index contributed by atoms with van der Waals surface area (Å²) in [5.41, 5.74) is -0.833. The lowest BCUT2D eigenvalue weighted by Gasteiger charge is -2.38. The van der Waals surface area contributed by atoms with E-state index in [-0.39, 0.29) is 21.7 Å². The minimum atomic E-state index is -4.32. The monoisotopic (exact) mass is 531 g/mol. The maximum atomic E-state index is 14.0. The number of nitrogens with zero attached hydrogens (tertiary/aromatic N) is 1. The lowest BCUT2D eigenvalue weighted by atomic mass is 9.91. The number of rotatable bonds is 3. The molecule has 0 radical (unpaired) electrons. The van der Waals surface area contributed by atoms with E-state index in [1.54, 1.807) is 48.5 Å². The number of fused-ring (bicyclic) bond motifs is 1. The number of carbonyl (C=O) groups is 1. The highest BCUT2D eigenvalue weighted by Gasteiger charge is 2.64. The van der Waals surface area contributed by atoms with E-state index in [1.807, 2.05) is 0 Å². The normalized spacial score (nSPS) is 22.1. The van der Waals surface area contributed by atoms with Crippen LogP contribution in [0, 0.1) is 0 Å². The van der Waals surface area contributed by atoms with Gasteiger partial charge in [0.05, 0.1) is 5.69 Å². The number of aliphatic hydroxyl groups excluding tert-OH is 1. The average Bonchev–Trinajstić information content (AvgIpc) is 3.24. The Labute approximate surface area is 197 Å². The molecule has 0 saturated carbocycles. The summed E-state index contributed by atoms with van der Waals surface area (Å²) >= 11 is 9.46. The maximum absolute atomic E-state index is 14.0. The molecule has 2 aliphatic rings. The highest BCUT2D eigenvalue weighted by atomic mass is 79.9. The van der Waals surface area contributed by atoms with Crippen LogP contribution in [0.25, 0.3) is 5.57 Å². The molecule has 2 unspecified atom stereocenters. The second-order valence-electron chi connectivity index (χ2n) is 7.35. The number of sulfonamides is 1. The molecule has 2 aliphatic heterocycles. The zero-order valence-corrected chi connectivity index (χ0v) is 19.4. The molecule has 0 aliphatic carbocycles. The van der Waals surface area contributed by atoms with E-state index in [9.17, 15) is 18.3 Å². The fourth-order valence-electron chi connectivity index (χ4n) is 4.21. The topological polar surface area (TPSA) is 83.9 Å². The third kappa shape index (κ3) is 2.94. The lowest BCUT2D eigenvalue weighted by Crippen LogP contribution is -2.53. The molecule has 6 nitrogen and oxygen atoms in total. The predicted molar refractivity (Wildman–Crippen MR) is 123 cm³/mol. The van der Waals surface area contributed by atoms with Crippen molar-refractivity contribution in [2.75, 3.05) is 4.31 Å². The van der Waals surface area contributed by atoms with E-state index in [4.69, 9.17) is 16.3 Å². The third-order valence-electron chi connectivity index (χ3n) is 5.52. The van der Waals surface area contributed by atoms with Crippen molar-refractivity contribution in [3.63, 3.8) is 0 Å². The van der Waals surface area contributed by atoms with Crippen molar-refractivity contribution < 1.29 is 23.1 Å². The smallest absolute Gasteiger partial charge is 0.333 e. The molecule has 0 saturated heterocycles. The van der Waals surface area contributed by atoms with Crippen LogP contribution in [0.3, 0.4) is 0 Å². The average molecular weight is 533 g/mol. The van der Waals surface area contributed by atoms with Crippen molar-refractivity contribution in [3.8, 4) is 0 Å². The summed E-state index contributed by atoms with van der Waals surface area (Å²) in [5, 5.41) is 11.8. The molecular weight excluding hydrogens is 518 g/mol. The van der Waals surface area contributed by atoms with Gasteiger partial charge in [0.25, 0.3) is 15.7 Å². The highest BCUT2D eigenvalue weighted by Crippen LogP contribution is 2.57. The first-order valence-corrected chi connectivity index (χ1v) is 12.2. The van der Waals surface area contributed by atoms with Crippen molar-refractivity contribution in [2.24, 2.45) is 0 Å². The summed E-state index contributed by atoms with van der Waals surface area (Å²) in [6.07, 6.45) is -0.291. The quantitative estimate of drug-likeness (QED) is 0.495. The van der Waals surface area contributed by atoms with Crippen LogP contribution in [0.2, 0.25) is 5.02 Å². The fourth-order valence-corrected chi connectivity index (χ4v) is 7.07. The van der Waals surface area contributed by atoms with E-state index < -0.39 is 27.8 Å². The number of hydrogen-bond donors (Lipinski definition) is 1. The Bertz CT molecular complexity index is 1390. The summed E-state index contributed by atoms with van der Waals surface area (Å²) in [7, 11) is -4.32. The highest BCUT2D eigenvalue weighted by molar-refractivity contribution is 9.10. The van der Waals surface area contributed by atoms with Gasteiger partial charge in [-0.1, -0.05) is 54.1 Å². The van der Waals surface area contributed by atoms with Gasteiger partial charge in [-0.2, -0.15) is 0 Å². The molecule has 162 valence electrons. The number of anilines is 1. The zero-order valence-electron chi connectivity index (χ0n) is 16.3. The molecule has 0 amide bonds. The third-order valence-corrected chi connectivity index (χ3v) is 8.57. The van der Waals surface area contributed by atoms with Gasteiger partial charge in [0.1, 0.15) is 11.0 Å². The number of ether oxygens (including phenoxy) is 1. The summed E-state index contributed by atoms with van der Waals surface area (Å²) < 4.78 is 35.1.